The minimum absolute atomic E-state index is 0.0357. The SMILES string of the molecule is Cc1ccc(OCc2cncn2C)c([C@@H](C)N)c1. The average Bonchev–Trinajstić information content (AvgIpc) is 2.73. The Bertz CT molecular complexity index is 532. The number of imidazole rings is 1. The number of benzene rings is 1. The van der Waals surface area contributed by atoms with Gasteiger partial charge in [0.25, 0.3) is 0 Å². The summed E-state index contributed by atoms with van der Waals surface area (Å²) in [5.74, 6) is 0.844. The van der Waals surface area contributed by atoms with Crippen LogP contribution < -0.4 is 10.5 Å². The van der Waals surface area contributed by atoms with Crippen LogP contribution in [-0.2, 0) is 13.7 Å². The fourth-order valence-corrected chi connectivity index (χ4v) is 1.83. The molecule has 0 unspecified atom stereocenters. The van der Waals surface area contributed by atoms with E-state index in [0.29, 0.717) is 6.61 Å². The smallest absolute Gasteiger partial charge is 0.130 e. The van der Waals surface area contributed by atoms with Crippen molar-refractivity contribution >= 4 is 0 Å². The lowest BCUT2D eigenvalue weighted by Gasteiger charge is -2.15. The molecule has 1 aromatic carbocycles. The van der Waals surface area contributed by atoms with Crippen molar-refractivity contribution in [1.82, 2.24) is 9.55 Å². The van der Waals surface area contributed by atoms with Crippen LogP contribution in [0.3, 0.4) is 0 Å². The molecule has 2 rings (SSSR count). The third-order valence-electron chi connectivity index (χ3n) is 2.95. The molecule has 1 aromatic heterocycles. The first-order valence-corrected chi connectivity index (χ1v) is 6.02. The number of ether oxygens (including phenoxy) is 1. The molecule has 0 bridgehead atoms. The van der Waals surface area contributed by atoms with Crippen molar-refractivity contribution in [2.24, 2.45) is 12.8 Å². The molecule has 0 spiro atoms. The molecule has 0 fully saturated rings. The first-order chi connectivity index (χ1) is 8.58. The second-order valence-electron chi connectivity index (χ2n) is 4.61. The van der Waals surface area contributed by atoms with Crippen LogP contribution in [0.25, 0.3) is 0 Å². The van der Waals surface area contributed by atoms with Crippen molar-refractivity contribution in [2.45, 2.75) is 26.5 Å². The van der Waals surface area contributed by atoms with E-state index in [2.05, 4.69) is 18.0 Å². The van der Waals surface area contributed by atoms with E-state index in [1.165, 1.54) is 5.56 Å². The largest absolute Gasteiger partial charge is 0.487 e. The maximum atomic E-state index is 5.96. The highest BCUT2D eigenvalue weighted by Crippen LogP contribution is 2.25. The highest BCUT2D eigenvalue weighted by atomic mass is 16.5. The molecule has 0 aliphatic rings. The van der Waals surface area contributed by atoms with Crippen molar-refractivity contribution < 1.29 is 4.74 Å². The minimum Gasteiger partial charge on any atom is -0.487 e. The van der Waals surface area contributed by atoms with Gasteiger partial charge in [-0.2, -0.15) is 0 Å². The standard InChI is InChI=1S/C14H19N3O/c1-10-4-5-14(13(6-10)11(2)15)18-8-12-7-16-9-17(12)3/h4-7,9,11H,8,15H2,1-3H3/t11-/m1/s1. The Morgan fingerprint density at radius 1 is 1.44 bits per heavy atom. The number of nitrogens with zero attached hydrogens (tertiary/aromatic N) is 2. The summed E-state index contributed by atoms with van der Waals surface area (Å²) in [6.07, 6.45) is 3.57. The van der Waals surface area contributed by atoms with E-state index in [4.69, 9.17) is 10.5 Å². The van der Waals surface area contributed by atoms with Crippen molar-refractivity contribution in [3.63, 3.8) is 0 Å². The summed E-state index contributed by atoms with van der Waals surface area (Å²) >= 11 is 0. The Kier molecular flexibility index (Phi) is 3.67. The molecule has 2 N–H and O–H groups in total. The van der Waals surface area contributed by atoms with Crippen molar-refractivity contribution in [2.75, 3.05) is 0 Å². The zero-order valence-corrected chi connectivity index (χ0v) is 11.1. The highest BCUT2D eigenvalue weighted by molar-refractivity contribution is 5.38. The van der Waals surface area contributed by atoms with Gasteiger partial charge in [-0.25, -0.2) is 4.98 Å². The first kappa shape index (κ1) is 12.6. The molecule has 4 heteroatoms. The molecule has 0 aliphatic heterocycles. The summed E-state index contributed by atoms with van der Waals surface area (Å²) in [4.78, 5) is 4.06. The number of aryl methyl sites for hydroxylation is 2. The Hall–Kier alpha value is -1.81. The van der Waals surface area contributed by atoms with Gasteiger partial charge in [-0.05, 0) is 19.9 Å². The maximum absolute atomic E-state index is 5.96. The Morgan fingerprint density at radius 3 is 2.83 bits per heavy atom. The Labute approximate surface area is 107 Å². The minimum atomic E-state index is -0.0357. The third-order valence-corrected chi connectivity index (χ3v) is 2.95. The normalized spacial score (nSPS) is 12.4. The number of hydrogen-bond acceptors (Lipinski definition) is 3. The molecule has 96 valence electrons. The van der Waals surface area contributed by atoms with E-state index in [1.54, 1.807) is 12.5 Å². The van der Waals surface area contributed by atoms with Gasteiger partial charge in [-0.3, -0.25) is 0 Å². The van der Waals surface area contributed by atoms with Crippen LogP contribution in [0.1, 0.15) is 29.8 Å². The summed E-state index contributed by atoms with van der Waals surface area (Å²) in [5.41, 5.74) is 9.23. The predicted molar refractivity (Wildman–Crippen MR) is 71.3 cm³/mol. The van der Waals surface area contributed by atoms with Gasteiger partial charge >= 0.3 is 0 Å². The van der Waals surface area contributed by atoms with Gasteiger partial charge < -0.3 is 15.0 Å². The van der Waals surface area contributed by atoms with E-state index in [-0.39, 0.29) is 6.04 Å². The molecule has 0 saturated heterocycles. The first-order valence-electron chi connectivity index (χ1n) is 6.02. The molecular weight excluding hydrogens is 226 g/mol. The predicted octanol–water partition coefficient (Wildman–Crippen LogP) is 2.33. The van der Waals surface area contributed by atoms with Gasteiger partial charge in [-0.15, -0.1) is 0 Å². The molecule has 2 aromatic rings. The second-order valence-corrected chi connectivity index (χ2v) is 4.61. The molecule has 4 nitrogen and oxygen atoms in total. The van der Waals surface area contributed by atoms with Crippen LogP contribution in [-0.4, -0.2) is 9.55 Å². The second kappa shape index (κ2) is 5.23. The van der Waals surface area contributed by atoms with Crippen LogP contribution in [0.4, 0.5) is 0 Å². The van der Waals surface area contributed by atoms with Gasteiger partial charge in [0.15, 0.2) is 0 Å². The quantitative estimate of drug-likeness (QED) is 0.899. The third kappa shape index (κ3) is 2.71. The van der Waals surface area contributed by atoms with Gasteiger partial charge in [0.1, 0.15) is 12.4 Å². The maximum Gasteiger partial charge on any atom is 0.130 e. The van der Waals surface area contributed by atoms with E-state index in [1.807, 2.05) is 30.7 Å². The molecule has 0 radical (unpaired) electrons. The van der Waals surface area contributed by atoms with Crippen LogP contribution in [0, 0.1) is 6.92 Å². The topological polar surface area (TPSA) is 53.1 Å². The average molecular weight is 245 g/mol. The molecule has 1 heterocycles. The Balaban J connectivity index is 2.16. The van der Waals surface area contributed by atoms with Gasteiger partial charge in [0.05, 0.1) is 18.2 Å². The molecule has 0 amide bonds. The van der Waals surface area contributed by atoms with Crippen molar-refractivity contribution in [3.05, 3.63) is 47.5 Å². The Morgan fingerprint density at radius 2 is 2.22 bits per heavy atom. The lowest BCUT2D eigenvalue weighted by molar-refractivity contribution is 0.292. The van der Waals surface area contributed by atoms with Crippen LogP contribution in [0.5, 0.6) is 5.75 Å². The van der Waals surface area contributed by atoms with Crippen LogP contribution in [0.15, 0.2) is 30.7 Å². The van der Waals surface area contributed by atoms with Gasteiger partial charge in [-0.1, -0.05) is 17.7 Å². The zero-order valence-electron chi connectivity index (χ0n) is 11.1. The molecular formula is C14H19N3O. The summed E-state index contributed by atoms with van der Waals surface area (Å²) in [7, 11) is 1.95. The lowest BCUT2D eigenvalue weighted by Crippen LogP contribution is -2.09. The number of aromatic nitrogens is 2. The summed E-state index contributed by atoms with van der Waals surface area (Å²) in [5, 5.41) is 0. The van der Waals surface area contributed by atoms with Gasteiger partial charge in [0, 0.05) is 18.7 Å². The summed E-state index contributed by atoms with van der Waals surface area (Å²) in [6, 6.07) is 6.05. The fourth-order valence-electron chi connectivity index (χ4n) is 1.83. The monoisotopic (exact) mass is 245 g/mol. The summed E-state index contributed by atoms with van der Waals surface area (Å²) < 4.78 is 7.78. The van der Waals surface area contributed by atoms with Crippen molar-refractivity contribution in [3.8, 4) is 5.75 Å². The van der Waals surface area contributed by atoms with E-state index < -0.39 is 0 Å². The number of nitrogens with two attached hydrogens (primary N) is 1. The number of hydrogen-bond donors (Lipinski definition) is 1. The fraction of sp³-hybridized carbons (Fsp3) is 0.357. The number of rotatable bonds is 4. The summed E-state index contributed by atoms with van der Waals surface area (Å²) in [6.45, 7) is 4.52. The van der Waals surface area contributed by atoms with Crippen LogP contribution >= 0.6 is 0 Å². The van der Waals surface area contributed by atoms with E-state index in [0.717, 1.165) is 17.0 Å². The van der Waals surface area contributed by atoms with Crippen LogP contribution in [0.2, 0.25) is 0 Å². The molecule has 1 atom stereocenters. The van der Waals surface area contributed by atoms with Crippen molar-refractivity contribution in [1.29, 1.82) is 0 Å². The molecule has 18 heavy (non-hydrogen) atoms. The van der Waals surface area contributed by atoms with E-state index in [9.17, 15) is 0 Å². The molecule has 0 aliphatic carbocycles. The van der Waals surface area contributed by atoms with Gasteiger partial charge in [0.2, 0.25) is 0 Å². The van der Waals surface area contributed by atoms with E-state index >= 15 is 0 Å². The highest BCUT2D eigenvalue weighted by Gasteiger charge is 2.09. The molecule has 0 saturated carbocycles. The zero-order chi connectivity index (χ0) is 13.1. The lowest BCUT2D eigenvalue weighted by atomic mass is 10.1.